The second kappa shape index (κ2) is 11.4. The van der Waals surface area contributed by atoms with Crippen LogP contribution in [-0.4, -0.2) is 28.3 Å². The Balaban J connectivity index is 1.39. The molecular formula is C28H18Cl3F3N4O2. The molecule has 0 aliphatic carbocycles. The van der Waals surface area contributed by atoms with Gasteiger partial charge in [0.1, 0.15) is 10.8 Å². The maximum atomic E-state index is 13.0. The molecule has 204 valence electrons. The first-order valence-corrected chi connectivity index (χ1v) is 12.9. The molecule has 1 atom stereocenters. The fraction of sp³-hybridized carbons (Fsp3) is 0.107. The fourth-order valence-corrected chi connectivity index (χ4v) is 4.48. The van der Waals surface area contributed by atoms with Crippen LogP contribution in [0.25, 0.3) is 0 Å². The van der Waals surface area contributed by atoms with Crippen molar-refractivity contribution in [2.24, 2.45) is 5.10 Å². The normalized spacial score (nSPS) is 15.1. The quantitative estimate of drug-likeness (QED) is 0.247. The lowest BCUT2D eigenvalue weighted by atomic mass is 9.90. The largest absolute Gasteiger partial charge is 0.438 e. The van der Waals surface area contributed by atoms with Crippen molar-refractivity contribution in [3.05, 3.63) is 117 Å². The number of nitrogens with one attached hydrogen (secondary N) is 1. The molecule has 2 heterocycles. The highest BCUT2D eigenvalue weighted by molar-refractivity contribution is 6.32. The van der Waals surface area contributed by atoms with E-state index in [2.05, 4.69) is 15.4 Å². The van der Waals surface area contributed by atoms with Crippen LogP contribution < -0.4 is 10.1 Å². The van der Waals surface area contributed by atoms with E-state index in [1.165, 1.54) is 5.01 Å². The number of pyridine rings is 1. The Morgan fingerprint density at radius 1 is 0.925 bits per heavy atom. The number of aromatic nitrogens is 1. The Kier molecular flexibility index (Phi) is 7.89. The molecule has 3 aromatic carbocycles. The van der Waals surface area contributed by atoms with E-state index in [4.69, 9.17) is 39.5 Å². The van der Waals surface area contributed by atoms with Gasteiger partial charge in [-0.3, -0.25) is 0 Å². The van der Waals surface area contributed by atoms with E-state index >= 15 is 0 Å². The van der Waals surface area contributed by atoms with Crippen LogP contribution >= 0.6 is 34.8 Å². The van der Waals surface area contributed by atoms with Gasteiger partial charge >= 0.3 is 12.2 Å². The molecule has 40 heavy (non-hydrogen) atoms. The number of nitrogens with zero attached hydrogens (tertiary/aromatic N) is 3. The number of alkyl halides is 3. The maximum Gasteiger partial charge on any atom is 0.417 e. The zero-order valence-electron chi connectivity index (χ0n) is 20.3. The van der Waals surface area contributed by atoms with Gasteiger partial charge in [-0.05, 0) is 77.9 Å². The number of hydrazone groups is 1. The molecule has 0 radical (unpaired) electrons. The zero-order valence-corrected chi connectivity index (χ0v) is 22.6. The van der Waals surface area contributed by atoms with E-state index in [-0.39, 0.29) is 23.4 Å². The molecule has 6 nitrogen and oxygen atoms in total. The number of urea groups is 1. The Morgan fingerprint density at radius 3 is 2.15 bits per heavy atom. The van der Waals surface area contributed by atoms with Crippen molar-refractivity contribution >= 4 is 52.2 Å². The molecule has 1 aliphatic rings. The molecule has 1 unspecified atom stereocenters. The monoisotopic (exact) mass is 604 g/mol. The van der Waals surface area contributed by atoms with Gasteiger partial charge < -0.3 is 10.1 Å². The number of ether oxygens (including phenoxy) is 1. The van der Waals surface area contributed by atoms with E-state index in [9.17, 15) is 18.0 Å². The minimum Gasteiger partial charge on any atom is -0.438 e. The predicted octanol–water partition coefficient (Wildman–Crippen LogP) is 8.89. The third-order valence-electron chi connectivity index (χ3n) is 6.02. The van der Waals surface area contributed by atoms with Crippen LogP contribution in [0.1, 0.15) is 22.6 Å². The summed E-state index contributed by atoms with van der Waals surface area (Å²) in [7, 11) is 0. The van der Waals surface area contributed by atoms with Crippen LogP contribution in [0.4, 0.5) is 23.7 Å². The second-order valence-corrected chi connectivity index (χ2v) is 10.0. The van der Waals surface area contributed by atoms with Crippen molar-refractivity contribution in [1.82, 2.24) is 9.99 Å². The molecule has 1 aliphatic heterocycles. The highest BCUT2D eigenvalue weighted by Crippen LogP contribution is 2.35. The average molecular weight is 606 g/mol. The number of hydrogen-bond donors (Lipinski definition) is 1. The first-order chi connectivity index (χ1) is 19.1. The molecule has 2 amide bonds. The van der Waals surface area contributed by atoms with Crippen molar-refractivity contribution in [2.75, 3.05) is 11.9 Å². The number of hydrogen-bond acceptors (Lipinski definition) is 4. The van der Waals surface area contributed by atoms with E-state index < -0.39 is 17.8 Å². The molecule has 0 spiro atoms. The first kappa shape index (κ1) is 27.8. The van der Waals surface area contributed by atoms with Crippen molar-refractivity contribution in [3.8, 4) is 11.6 Å². The zero-order chi connectivity index (χ0) is 28.4. The summed E-state index contributed by atoms with van der Waals surface area (Å²) in [5, 5.41) is 9.62. The van der Waals surface area contributed by atoms with Gasteiger partial charge in [-0.15, -0.1) is 0 Å². The summed E-state index contributed by atoms with van der Waals surface area (Å²) in [6.07, 6.45) is -3.91. The number of rotatable bonds is 5. The van der Waals surface area contributed by atoms with Gasteiger partial charge in [-0.25, -0.2) is 14.8 Å². The minimum absolute atomic E-state index is 0.162. The fourth-order valence-electron chi connectivity index (χ4n) is 4.03. The Labute approximate surface area is 241 Å². The first-order valence-electron chi connectivity index (χ1n) is 11.8. The van der Waals surface area contributed by atoms with Gasteiger partial charge in [0, 0.05) is 27.8 Å². The number of amides is 2. The molecule has 1 N–H and O–H groups in total. The van der Waals surface area contributed by atoms with E-state index in [1.54, 1.807) is 60.7 Å². The summed E-state index contributed by atoms with van der Waals surface area (Å²) < 4.78 is 44.3. The highest BCUT2D eigenvalue weighted by Gasteiger charge is 2.33. The smallest absolute Gasteiger partial charge is 0.417 e. The summed E-state index contributed by atoms with van der Waals surface area (Å²) in [5.74, 6) is -0.118. The van der Waals surface area contributed by atoms with Crippen LogP contribution in [0.2, 0.25) is 15.1 Å². The molecule has 1 aromatic heterocycles. The molecule has 0 bridgehead atoms. The molecule has 0 saturated carbocycles. The second-order valence-electron chi connectivity index (χ2n) is 8.74. The third-order valence-corrected chi connectivity index (χ3v) is 6.79. The maximum absolute atomic E-state index is 13.0. The highest BCUT2D eigenvalue weighted by atomic mass is 35.5. The van der Waals surface area contributed by atoms with Crippen LogP contribution in [-0.2, 0) is 6.18 Å². The van der Waals surface area contributed by atoms with E-state index in [0.29, 0.717) is 39.0 Å². The summed E-state index contributed by atoms with van der Waals surface area (Å²) >= 11 is 18.0. The predicted molar refractivity (Wildman–Crippen MR) is 149 cm³/mol. The van der Waals surface area contributed by atoms with E-state index in [0.717, 1.165) is 11.6 Å². The van der Waals surface area contributed by atoms with Crippen LogP contribution in [0.15, 0.2) is 90.2 Å². The standard InChI is InChI=1S/C28H18Cl3F3N4O2/c29-19-5-1-16(2-6-19)23-15-38(27(39)36-21-9-7-20(30)8-10-21)37-25(23)17-3-11-22(12-4-17)40-26-24(31)13-18(14-35-26)28(32,33)34/h1-14,23H,15H2,(H,36,39). The van der Waals surface area contributed by atoms with Crippen LogP contribution in [0.3, 0.4) is 0 Å². The Bertz CT molecular complexity index is 1560. The summed E-state index contributed by atoms with van der Waals surface area (Å²) in [6, 6.07) is 21.0. The van der Waals surface area contributed by atoms with Gasteiger partial charge in [0.25, 0.3) is 0 Å². The molecule has 5 rings (SSSR count). The number of halogens is 6. The number of carbonyl (C=O) groups is 1. The molecule has 4 aromatic rings. The van der Waals surface area contributed by atoms with Gasteiger partial charge in [-0.2, -0.15) is 18.3 Å². The Morgan fingerprint density at radius 2 is 1.55 bits per heavy atom. The average Bonchev–Trinajstić information content (AvgIpc) is 3.37. The summed E-state index contributed by atoms with van der Waals surface area (Å²) in [5.41, 5.74) is 1.84. The summed E-state index contributed by atoms with van der Waals surface area (Å²) in [6.45, 7) is 0.278. The van der Waals surface area contributed by atoms with Crippen molar-refractivity contribution in [1.29, 1.82) is 0 Å². The molecular weight excluding hydrogens is 588 g/mol. The number of carbonyl (C=O) groups excluding carboxylic acids is 1. The number of anilines is 1. The number of benzene rings is 3. The minimum atomic E-state index is -4.57. The van der Waals surface area contributed by atoms with Gasteiger partial charge in [-0.1, -0.05) is 46.9 Å². The third kappa shape index (κ3) is 6.33. The van der Waals surface area contributed by atoms with Crippen molar-refractivity contribution < 1.29 is 22.7 Å². The molecule has 0 saturated heterocycles. The molecule has 12 heteroatoms. The van der Waals surface area contributed by atoms with Crippen LogP contribution in [0.5, 0.6) is 11.6 Å². The van der Waals surface area contributed by atoms with Gasteiger partial charge in [0.05, 0.1) is 17.8 Å². The van der Waals surface area contributed by atoms with Crippen molar-refractivity contribution in [2.45, 2.75) is 12.1 Å². The Hall–Kier alpha value is -3.79. The lowest BCUT2D eigenvalue weighted by molar-refractivity contribution is -0.137. The lowest BCUT2D eigenvalue weighted by Gasteiger charge is -2.16. The van der Waals surface area contributed by atoms with Crippen molar-refractivity contribution in [3.63, 3.8) is 0 Å². The van der Waals surface area contributed by atoms with E-state index in [1.807, 2.05) is 12.1 Å². The lowest BCUT2D eigenvalue weighted by Crippen LogP contribution is -2.30. The van der Waals surface area contributed by atoms with Crippen LogP contribution in [0, 0.1) is 0 Å². The van der Waals surface area contributed by atoms with Gasteiger partial charge in [0.15, 0.2) is 0 Å². The SMILES string of the molecule is O=C(Nc1ccc(Cl)cc1)N1CC(c2ccc(Cl)cc2)C(c2ccc(Oc3ncc(C(F)(F)F)cc3Cl)cc2)=N1. The summed E-state index contributed by atoms with van der Waals surface area (Å²) in [4.78, 5) is 16.7. The molecule has 0 fully saturated rings. The van der Waals surface area contributed by atoms with Gasteiger partial charge in [0.2, 0.25) is 5.88 Å². The topological polar surface area (TPSA) is 66.8 Å².